The van der Waals surface area contributed by atoms with Gasteiger partial charge in [-0.3, -0.25) is 9.52 Å². The number of carbonyl (C=O) groups excluding carboxylic acids is 1. The number of nitrogens with zero attached hydrogens (tertiary/aromatic N) is 1. The van der Waals surface area contributed by atoms with Crippen molar-refractivity contribution in [2.24, 2.45) is 0 Å². The normalized spacial score (nSPS) is 14.6. The first-order valence-corrected chi connectivity index (χ1v) is 14.9. The number of hydrogen-bond acceptors (Lipinski definition) is 7. The lowest BCUT2D eigenvalue weighted by molar-refractivity contribution is 0.0730. The molecule has 0 bridgehead atoms. The number of ether oxygens (including phenoxy) is 2. The molecule has 1 aliphatic heterocycles. The van der Waals surface area contributed by atoms with E-state index < -0.39 is 26.0 Å². The fraction of sp³-hybridized carbons (Fsp3) is 0.240. The Bertz CT molecular complexity index is 1510. The molecule has 0 unspecified atom stereocenters. The summed E-state index contributed by atoms with van der Waals surface area (Å²) in [7, 11) is -7.79. The number of halogens is 1. The summed E-state index contributed by atoms with van der Waals surface area (Å²) in [5.41, 5.74) is 0.772. The highest BCUT2D eigenvalue weighted by Crippen LogP contribution is 2.27. The van der Waals surface area contributed by atoms with Crippen molar-refractivity contribution in [3.05, 3.63) is 77.3 Å². The molecule has 3 aromatic rings. The highest BCUT2D eigenvalue weighted by molar-refractivity contribution is 7.92. The molecule has 1 heterocycles. The maximum absolute atomic E-state index is 13.0. The molecule has 0 atom stereocenters. The smallest absolute Gasteiger partial charge is 0.261 e. The van der Waals surface area contributed by atoms with Gasteiger partial charge in [0.15, 0.2) is 0 Å². The van der Waals surface area contributed by atoms with Gasteiger partial charge in [0.05, 0.1) is 29.7 Å². The summed E-state index contributed by atoms with van der Waals surface area (Å²) in [4.78, 5) is 12.7. The van der Waals surface area contributed by atoms with E-state index in [0.717, 1.165) is 0 Å². The first-order valence-electron chi connectivity index (χ1n) is 11.6. The summed E-state index contributed by atoms with van der Waals surface area (Å²) >= 11 is 6.17. The second-order valence-corrected chi connectivity index (χ2v) is 12.2. The molecule has 0 aromatic heterocycles. The molecule has 1 aliphatic rings. The fourth-order valence-electron chi connectivity index (χ4n) is 3.69. The molecule has 0 radical (unpaired) electrons. The lowest BCUT2D eigenvalue weighted by Gasteiger charge is -2.26. The number of hydrogen-bond donors (Lipinski definition) is 2. The zero-order valence-corrected chi connectivity index (χ0v) is 22.8. The van der Waals surface area contributed by atoms with Crippen LogP contribution in [0.25, 0.3) is 0 Å². The third kappa shape index (κ3) is 6.45. The monoisotopic (exact) mass is 579 g/mol. The van der Waals surface area contributed by atoms with E-state index in [2.05, 4.69) is 10.0 Å². The van der Waals surface area contributed by atoms with E-state index in [4.69, 9.17) is 21.1 Å². The maximum Gasteiger partial charge on any atom is 0.261 e. The van der Waals surface area contributed by atoms with Crippen LogP contribution in [0.1, 0.15) is 17.3 Å². The third-order valence-corrected chi connectivity index (χ3v) is 9.40. The van der Waals surface area contributed by atoms with Crippen molar-refractivity contribution in [1.82, 2.24) is 4.31 Å². The molecule has 0 aliphatic carbocycles. The predicted molar refractivity (Wildman–Crippen MR) is 144 cm³/mol. The van der Waals surface area contributed by atoms with Crippen LogP contribution in [0, 0.1) is 0 Å². The zero-order chi connectivity index (χ0) is 27.3. The van der Waals surface area contributed by atoms with Crippen LogP contribution < -0.4 is 14.8 Å². The average molecular weight is 580 g/mol. The number of carbonyl (C=O) groups is 1. The van der Waals surface area contributed by atoms with Crippen LogP contribution in [0.2, 0.25) is 5.02 Å². The summed E-state index contributed by atoms with van der Waals surface area (Å²) in [5, 5.41) is 2.65. The molecular weight excluding hydrogens is 554 g/mol. The van der Waals surface area contributed by atoms with Crippen LogP contribution in [-0.4, -0.2) is 60.0 Å². The van der Waals surface area contributed by atoms with Crippen molar-refractivity contribution in [2.75, 3.05) is 42.9 Å². The Morgan fingerprint density at radius 3 is 2.21 bits per heavy atom. The molecule has 10 nitrogen and oxygen atoms in total. The number of amides is 1. The Balaban J connectivity index is 1.46. The van der Waals surface area contributed by atoms with Crippen molar-refractivity contribution < 1.29 is 31.1 Å². The van der Waals surface area contributed by atoms with Gasteiger partial charge in [0.25, 0.3) is 15.9 Å². The van der Waals surface area contributed by atoms with Gasteiger partial charge in [-0.2, -0.15) is 4.31 Å². The lowest BCUT2D eigenvalue weighted by Crippen LogP contribution is -2.40. The van der Waals surface area contributed by atoms with Crippen LogP contribution in [0.3, 0.4) is 0 Å². The Labute approximate surface area is 226 Å². The van der Waals surface area contributed by atoms with Gasteiger partial charge < -0.3 is 14.8 Å². The summed E-state index contributed by atoms with van der Waals surface area (Å²) in [6.07, 6.45) is 0. The standard InChI is InChI=1S/C25H26ClN3O7S2/c1-2-36-21-8-4-20(5-9-21)28-37(31,32)22-10-6-19(7-11-22)27-25(30)18-3-12-23(26)24(17-18)38(33,34)29-13-15-35-16-14-29/h3-12,17,28H,2,13-16H2,1H3,(H,27,30). The quantitative estimate of drug-likeness (QED) is 0.394. The average Bonchev–Trinajstić information content (AvgIpc) is 2.91. The minimum atomic E-state index is -3.91. The highest BCUT2D eigenvalue weighted by Gasteiger charge is 2.29. The van der Waals surface area contributed by atoms with Crippen molar-refractivity contribution >= 4 is 48.9 Å². The second kappa shape index (κ2) is 11.7. The van der Waals surface area contributed by atoms with Gasteiger partial charge in [0.1, 0.15) is 10.6 Å². The van der Waals surface area contributed by atoms with E-state index in [-0.39, 0.29) is 46.7 Å². The van der Waals surface area contributed by atoms with E-state index in [9.17, 15) is 21.6 Å². The molecule has 13 heteroatoms. The van der Waals surface area contributed by atoms with Gasteiger partial charge >= 0.3 is 0 Å². The van der Waals surface area contributed by atoms with E-state index >= 15 is 0 Å². The summed E-state index contributed by atoms with van der Waals surface area (Å²) in [5.74, 6) is 0.0465. The van der Waals surface area contributed by atoms with Crippen LogP contribution >= 0.6 is 11.6 Å². The Kier molecular flexibility index (Phi) is 8.58. The van der Waals surface area contributed by atoms with Crippen molar-refractivity contribution in [3.63, 3.8) is 0 Å². The number of anilines is 2. The fourth-order valence-corrected chi connectivity index (χ4v) is 6.66. The first kappa shape index (κ1) is 27.9. The zero-order valence-electron chi connectivity index (χ0n) is 20.4. The van der Waals surface area contributed by atoms with Gasteiger partial charge in [0, 0.05) is 30.0 Å². The summed E-state index contributed by atoms with van der Waals surface area (Å²) < 4.78 is 65.9. The molecule has 0 saturated carbocycles. The molecular formula is C25H26ClN3O7S2. The van der Waals surface area contributed by atoms with E-state index in [1.54, 1.807) is 24.3 Å². The number of benzene rings is 3. The van der Waals surface area contributed by atoms with E-state index in [1.165, 1.54) is 46.8 Å². The van der Waals surface area contributed by atoms with Crippen LogP contribution in [0.4, 0.5) is 11.4 Å². The minimum absolute atomic E-state index is 0.00244. The Hall–Kier alpha value is -3.16. The van der Waals surface area contributed by atoms with Crippen molar-refractivity contribution in [1.29, 1.82) is 0 Å². The van der Waals surface area contributed by atoms with Crippen LogP contribution in [0.5, 0.6) is 5.75 Å². The molecule has 0 spiro atoms. The molecule has 4 rings (SSSR count). The van der Waals surface area contributed by atoms with Crippen LogP contribution in [0.15, 0.2) is 76.5 Å². The van der Waals surface area contributed by atoms with Crippen molar-refractivity contribution in [3.8, 4) is 5.75 Å². The Morgan fingerprint density at radius 2 is 1.58 bits per heavy atom. The maximum atomic E-state index is 13.0. The van der Waals surface area contributed by atoms with Gasteiger partial charge in [-0.25, -0.2) is 16.8 Å². The predicted octanol–water partition coefficient (Wildman–Crippen LogP) is 3.81. The SMILES string of the molecule is CCOc1ccc(NS(=O)(=O)c2ccc(NC(=O)c3ccc(Cl)c(S(=O)(=O)N4CCOCC4)c3)cc2)cc1. The van der Waals surface area contributed by atoms with E-state index in [1.807, 2.05) is 6.92 Å². The molecule has 1 amide bonds. The topological polar surface area (TPSA) is 131 Å². The van der Waals surface area contributed by atoms with Gasteiger partial charge in [-0.1, -0.05) is 11.6 Å². The third-order valence-electron chi connectivity index (χ3n) is 5.62. The minimum Gasteiger partial charge on any atom is -0.494 e. The van der Waals surface area contributed by atoms with E-state index in [0.29, 0.717) is 23.7 Å². The summed E-state index contributed by atoms with van der Waals surface area (Å²) in [6, 6.07) is 16.1. The molecule has 1 saturated heterocycles. The number of sulfonamides is 2. The molecule has 38 heavy (non-hydrogen) atoms. The number of rotatable bonds is 9. The Morgan fingerprint density at radius 1 is 0.947 bits per heavy atom. The lowest BCUT2D eigenvalue weighted by atomic mass is 10.2. The molecule has 202 valence electrons. The van der Waals surface area contributed by atoms with Gasteiger partial charge in [-0.05, 0) is 73.7 Å². The van der Waals surface area contributed by atoms with Crippen LogP contribution in [-0.2, 0) is 24.8 Å². The highest BCUT2D eigenvalue weighted by atomic mass is 35.5. The molecule has 3 aromatic carbocycles. The number of nitrogens with one attached hydrogen (secondary N) is 2. The van der Waals surface area contributed by atoms with Gasteiger partial charge in [0.2, 0.25) is 10.0 Å². The largest absolute Gasteiger partial charge is 0.494 e. The van der Waals surface area contributed by atoms with Gasteiger partial charge in [-0.15, -0.1) is 0 Å². The number of morpholine rings is 1. The van der Waals surface area contributed by atoms with Crippen molar-refractivity contribution in [2.45, 2.75) is 16.7 Å². The second-order valence-electron chi connectivity index (χ2n) is 8.20. The molecule has 2 N–H and O–H groups in total. The summed E-state index contributed by atoms with van der Waals surface area (Å²) in [6.45, 7) is 3.29. The molecule has 1 fully saturated rings. The first-order chi connectivity index (χ1) is 18.1.